The monoisotopic (exact) mass is 261 g/mol. The number of aryl methyl sites for hydroxylation is 3. The van der Waals surface area contributed by atoms with Crippen molar-refractivity contribution in [2.45, 2.75) is 72.8 Å². The quantitative estimate of drug-likeness (QED) is 0.714. The number of hydrogen-bond acceptors (Lipinski definition) is 1. The van der Waals surface area contributed by atoms with Crippen LogP contribution in [0.3, 0.4) is 0 Å². The molecule has 1 heteroatoms. The lowest BCUT2D eigenvalue weighted by atomic mass is 9.93. The second-order valence-corrected chi connectivity index (χ2v) is 5.86. The highest BCUT2D eigenvalue weighted by molar-refractivity contribution is 5.37. The molecule has 1 aromatic rings. The summed E-state index contributed by atoms with van der Waals surface area (Å²) in [4.78, 5) is 0. The zero-order chi connectivity index (χ0) is 14.3. The summed E-state index contributed by atoms with van der Waals surface area (Å²) in [5.74, 6) is 0. The Kier molecular flexibility index (Phi) is 7.15. The van der Waals surface area contributed by atoms with Gasteiger partial charge in [0.2, 0.25) is 0 Å². The molecule has 1 rings (SSSR count). The third-order valence-corrected chi connectivity index (χ3v) is 3.90. The smallest absolute Gasteiger partial charge is 0.00701 e. The van der Waals surface area contributed by atoms with Gasteiger partial charge in [0.05, 0.1) is 0 Å². The molecule has 0 amide bonds. The molecule has 108 valence electrons. The molecule has 1 aromatic carbocycles. The summed E-state index contributed by atoms with van der Waals surface area (Å²) in [5.41, 5.74) is 5.87. The molecule has 0 bridgehead atoms. The van der Waals surface area contributed by atoms with Crippen LogP contribution in [-0.2, 0) is 6.42 Å². The molecule has 0 spiro atoms. The zero-order valence-corrected chi connectivity index (χ0v) is 13.5. The lowest BCUT2D eigenvalue weighted by Crippen LogP contribution is -2.30. The average Bonchev–Trinajstić information content (AvgIpc) is 2.34. The van der Waals surface area contributed by atoms with Gasteiger partial charge in [-0.2, -0.15) is 0 Å². The lowest BCUT2D eigenvalue weighted by Gasteiger charge is -2.19. The standard InChI is InChI=1S/C18H31N/c1-6-8-17(19-11-7-2)9-10-18-15(4)12-14(3)13-16(18)5/h12-13,17,19H,6-11H2,1-5H3. The summed E-state index contributed by atoms with van der Waals surface area (Å²) in [6, 6.07) is 5.32. The van der Waals surface area contributed by atoms with Crippen LogP contribution >= 0.6 is 0 Å². The molecule has 0 fully saturated rings. The number of rotatable bonds is 8. The van der Waals surface area contributed by atoms with Crippen LogP contribution in [0.4, 0.5) is 0 Å². The Balaban J connectivity index is 2.63. The Morgan fingerprint density at radius 1 is 0.947 bits per heavy atom. The first-order chi connectivity index (χ1) is 9.08. The van der Waals surface area contributed by atoms with E-state index in [0.29, 0.717) is 6.04 Å². The van der Waals surface area contributed by atoms with Crippen molar-refractivity contribution in [1.29, 1.82) is 0 Å². The van der Waals surface area contributed by atoms with Crippen LogP contribution in [0.2, 0.25) is 0 Å². The van der Waals surface area contributed by atoms with E-state index in [4.69, 9.17) is 0 Å². The van der Waals surface area contributed by atoms with Crippen LogP contribution in [0.15, 0.2) is 12.1 Å². The normalized spacial score (nSPS) is 12.7. The van der Waals surface area contributed by atoms with Crippen molar-refractivity contribution in [3.63, 3.8) is 0 Å². The van der Waals surface area contributed by atoms with Crippen molar-refractivity contribution in [2.24, 2.45) is 0 Å². The van der Waals surface area contributed by atoms with Gasteiger partial charge >= 0.3 is 0 Å². The minimum atomic E-state index is 0.685. The van der Waals surface area contributed by atoms with Crippen LogP contribution in [0.1, 0.15) is 61.8 Å². The van der Waals surface area contributed by atoms with E-state index in [-0.39, 0.29) is 0 Å². The van der Waals surface area contributed by atoms with Gasteiger partial charge in [-0.25, -0.2) is 0 Å². The van der Waals surface area contributed by atoms with E-state index in [9.17, 15) is 0 Å². The fourth-order valence-corrected chi connectivity index (χ4v) is 2.97. The molecule has 0 saturated heterocycles. The van der Waals surface area contributed by atoms with Crippen LogP contribution in [-0.4, -0.2) is 12.6 Å². The number of nitrogens with one attached hydrogen (secondary N) is 1. The second kappa shape index (κ2) is 8.37. The number of hydrogen-bond donors (Lipinski definition) is 1. The third kappa shape index (κ3) is 5.36. The van der Waals surface area contributed by atoms with Gasteiger partial charge in [-0.3, -0.25) is 0 Å². The van der Waals surface area contributed by atoms with E-state index in [1.807, 2.05) is 0 Å². The zero-order valence-electron chi connectivity index (χ0n) is 13.5. The molecule has 1 N–H and O–H groups in total. The van der Waals surface area contributed by atoms with Gasteiger partial charge < -0.3 is 5.32 Å². The van der Waals surface area contributed by atoms with Crippen molar-refractivity contribution in [3.05, 3.63) is 34.4 Å². The van der Waals surface area contributed by atoms with Gasteiger partial charge in [-0.1, -0.05) is 38.0 Å². The maximum Gasteiger partial charge on any atom is 0.00701 e. The van der Waals surface area contributed by atoms with E-state index in [1.165, 1.54) is 48.8 Å². The maximum atomic E-state index is 3.69. The van der Waals surface area contributed by atoms with Gasteiger partial charge in [-0.15, -0.1) is 0 Å². The second-order valence-electron chi connectivity index (χ2n) is 5.86. The fourth-order valence-electron chi connectivity index (χ4n) is 2.97. The summed E-state index contributed by atoms with van der Waals surface area (Å²) < 4.78 is 0. The maximum absolute atomic E-state index is 3.69. The highest BCUT2D eigenvalue weighted by Crippen LogP contribution is 2.19. The minimum absolute atomic E-state index is 0.685. The van der Waals surface area contributed by atoms with E-state index < -0.39 is 0 Å². The van der Waals surface area contributed by atoms with Crippen molar-refractivity contribution < 1.29 is 0 Å². The van der Waals surface area contributed by atoms with Crippen LogP contribution < -0.4 is 5.32 Å². The first-order valence-electron chi connectivity index (χ1n) is 7.88. The highest BCUT2D eigenvalue weighted by Gasteiger charge is 2.09. The Hall–Kier alpha value is -0.820. The Bertz CT molecular complexity index is 358. The molecule has 0 aliphatic heterocycles. The van der Waals surface area contributed by atoms with E-state index >= 15 is 0 Å². The first-order valence-corrected chi connectivity index (χ1v) is 7.88. The molecule has 0 aliphatic carbocycles. The molecule has 0 aromatic heterocycles. The number of benzene rings is 1. The summed E-state index contributed by atoms with van der Waals surface area (Å²) in [6.07, 6.45) is 6.26. The van der Waals surface area contributed by atoms with Crippen molar-refractivity contribution in [2.75, 3.05) is 6.54 Å². The molecular formula is C18H31N. The summed E-state index contributed by atoms with van der Waals surface area (Å²) in [7, 11) is 0. The Morgan fingerprint density at radius 2 is 1.58 bits per heavy atom. The summed E-state index contributed by atoms with van der Waals surface area (Å²) >= 11 is 0. The molecule has 0 aliphatic rings. The van der Waals surface area contributed by atoms with E-state index in [2.05, 4.69) is 52.1 Å². The summed E-state index contributed by atoms with van der Waals surface area (Å²) in [5, 5.41) is 3.69. The molecule has 0 heterocycles. The lowest BCUT2D eigenvalue weighted by molar-refractivity contribution is 0.448. The molecular weight excluding hydrogens is 230 g/mol. The van der Waals surface area contributed by atoms with Crippen molar-refractivity contribution in [1.82, 2.24) is 5.32 Å². The average molecular weight is 261 g/mol. The van der Waals surface area contributed by atoms with Gasteiger partial charge in [0.25, 0.3) is 0 Å². The summed E-state index contributed by atoms with van der Waals surface area (Å²) in [6.45, 7) is 12.4. The van der Waals surface area contributed by atoms with Crippen LogP contribution in [0.5, 0.6) is 0 Å². The minimum Gasteiger partial charge on any atom is -0.314 e. The molecule has 1 unspecified atom stereocenters. The third-order valence-electron chi connectivity index (χ3n) is 3.90. The Labute approximate surface area is 119 Å². The van der Waals surface area contributed by atoms with E-state index in [1.54, 1.807) is 5.56 Å². The molecule has 1 atom stereocenters. The van der Waals surface area contributed by atoms with Crippen molar-refractivity contribution >= 4 is 0 Å². The predicted molar refractivity (Wildman–Crippen MR) is 86.0 cm³/mol. The molecule has 1 nitrogen and oxygen atoms in total. The predicted octanol–water partition coefficient (Wildman–Crippen LogP) is 4.71. The highest BCUT2D eigenvalue weighted by atomic mass is 14.9. The largest absolute Gasteiger partial charge is 0.314 e. The molecule has 0 radical (unpaired) electrons. The Morgan fingerprint density at radius 3 is 2.11 bits per heavy atom. The van der Waals surface area contributed by atoms with E-state index in [0.717, 1.165) is 6.54 Å². The van der Waals surface area contributed by atoms with Gasteiger partial charge in [-0.05, 0) is 69.7 Å². The van der Waals surface area contributed by atoms with Crippen LogP contribution in [0, 0.1) is 20.8 Å². The SMILES string of the molecule is CCCNC(CCC)CCc1c(C)cc(C)cc1C. The molecule has 19 heavy (non-hydrogen) atoms. The molecule has 0 saturated carbocycles. The van der Waals surface area contributed by atoms with Crippen LogP contribution in [0.25, 0.3) is 0 Å². The fraction of sp³-hybridized carbons (Fsp3) is 0.667. The van der Waals surface area contributed by atoms with Crippen molar-refractivity contribution in [3.8, 4) is 0 Å². The first kappa shape index (κ1) is 16.2. The topological polar surface area (TPSA) is 12.0 Å². The van der Waals surface area contributed by atoms with Gasteiger partial charge in [0.1, 0.15) is 0 Å². The van der Waals surface area contributed by atoms with Gasteiger partial charge in [0, 0.05) is 6.04 Å². The van der Waals surface area contributed by atoms with Gasteiger partial charge in [0.15, 0.2) is 0 Å².